The van der Waals surface area contributed by atoms with Crippen molar-refractivity contribution in [2.45, 2.75) is 32.6 Å². The number of benzene rings is 1. The van der Waals surface area contributed by atoms with E-state index in [1.54, 1.807) is 11.3 Å². The second-order valence-corrected chi connectivity index (χ2v) is 7.93. The van der Waals surface area contributed by atoms with Gasteiger partial charge in [0.1, 0.15) is 0 Å². The van der Waals surface area contributed by atoms with E-state index in [4.69, 9.17) is 0 Å². The van der Waals surface area contributed by atoms with Crippen molar-refractivity contribution in [1.82, 2.24) is 14.9 Å². The molecule has 0 amide bonds. The van der Waals surface area contributed by atoms with Gasteiger partial charge in [-0.3, -0.25) is 4.90 Å². The maximum absolute atomic E-state index is 12.8. The number of alkyl halides is 3. The van der Waals surface area contributed by atoms with Crippen LogP contribution in [0.4, 0.5) is 13.2 Å². The van der Waals surface area contributed by atoms with Gasteiger partial charge in [0.25, 0.3) is 0 Å². The smallest absolute Gasteiger partial charge is 0.293 e. The third-order valence-corrected chi connectivity index (χ3v) is 5.73. The minimum absolute atomic E-state index is 0.511. The molecule has 7 heteroatoms. The van der Waals surface area contributed by atoms with Crippen molar-refractivity contribution in [1.29, 1.82) is 0 Å². The summed E-state index contributed by atoms with van der Waals surface area (Å²) < 4.78 is 38.3. The molecule has 27 heavy (non-hydrogen) atoms. The highest BCUT2D eigenvalue weighted by Gasteiger charge is 2.35. The highest BCUT2D eigenvalue weighted by atomic mass is 32.1. The van der Waals surface area contributed by atoms with E-state index in [-0.39, 0.29) is 0 Å². The zero-order chi connectivity index (χ0) is 19.0. The van der Waals surface area contributed by atoms with Crippen LogP contribution in [0.15, 0.2) is 42.6 Å². The fraction of sp³-hybridized carbons (Fsp3) is 0.300. The molecule has 2 aromatic heterocycles. The van der Waals surface area contributed by atoms with Gasteiger partial charge in [0.05, 0.1) is 5.69 Å². The Morgan fingerprint density at radius 1 is 1.19 bits per heavy atom. The Labute approximate surface area is 159 Å². The fourth-order valence-electron chi connectivity index (χ4n) is 3.28. The van der Waals surface area contributed by atoms with E-state index in [1.807, 2.05) is 0 Å². The van der Waals surface area contributed by atoms with Crippen LogP contribution >= 0.6 is 11.3 Å². The van der Waals surface area contributed by atoms with Gasteiger partial charge in [-0.1, -0.05) is 29.8 Å². The van der Waals surface area contributed by atoms with Crippen molar-refractivity contribution < 1.29 is 13.2 Å². The van der Waals surface area contributed by atoms with Crippen LogP contribution in [0.25, 0.3) is 10.4 Å². The fourth-order valence-corrected chi connectivity index (χ4v) is 4.33. The van der Waals surface area contributed by atoms with E-state index in [0.29, 0.717) is 25.2 Å². The molecule has 0 radical (unpaired) electrons. The summed E-state index contributed by atoms with van der Waals surface area (Å²) in [6.45, 7) is 4.12. The minimum Gasteiger partial charge on any atom is -0.293 e. The van der Waals surface area contributed by atoms with E-state index in [2.05, 4.69) is 58.2 Å². The average molecular weight is 389 g/mol. The molecule has 0 N–H and O–H groups in total. The molecule has 0 saturated carbocycles. The summed E-state index contributed by atoms with van der Waals surface area (Å²) in [7, 11) is 0. The van der Waals surface area contributed by atoms with Crippen LogP contribution in [0, 0.1) is 6.92 Å². The van der Waals surface area contributed by atoms with Gasteiger partial charge in [-0.05, 0) is 24.6 Å². The van der Waals surface area contributed by atoms with Gasteiger partial charge < -0.3 is 0 Å². The van der Waals surface area contributed by atoms with Crippen molar-refractivity contribution >= 4 is 11.3 Å². The number of rotatable bonds is 3. The van der Waals surface area contributed by atoms with Crippen molar-refractivity contribution in [2.24, 2.45) is 0 Å². The number of aromatic nitrogens is 2. The molecule has 3 aromatic rings. The maximum Gasteiger partial charge on any atom is 0.451 e. The summed E-state index contributed by atoms with van der Waals surface area (Å²) in [4.78, 5) is 11.9. The van der Waals surface area contributed by atoms with Crippen LogP contribution in [0.2, 0.25) is 0 Å². The van der Waals surface area contributed by atoms with E-state index in [9.17, 15) is 13.2 Å². The summed E-state index contributed by atoms with van der Waals surface area (Å²) >= 11 is 1.75. The third-order valence-electron chi connectivity index (χ3n) is 4.61. The minimum atomic E-state index is -4.49. The zero-order valence-electron chi connectivity index (χ0n) is 14.8. The molecule has 0 atom stereocenters. The SMILES string of the molecule is Cc1cccc(-c2ccc(CN3CCc4nc(C(F)(F)F)ncc4C3)s2)c1. The summed E-state index contributed by atoms with van der Waals surface area (Å²) in [5, 5.41) is 0. The van der Waals surface area contributed by atoms with Crippen LogP contribution < -0.4 is 0 Å². The normalized spacial score (nSPS) is 15.0. The number of thiophene rings is 1. The summed E-state index contributed by atoms with van der Waals surface area (Å²) in [6, 6.07) is 12.7. The second-order valence-electron chi connectivity index (χ2n) is 6.76. The molecule has 1 aliphatic heterocycles. The Kier molecular flexibility index (Phi) is 4.74. The van der Waals surface area contributed by atoms with E-state index >= 15 is 0 Å². The molecule has 0 fully saturated rings. The van der Waals surface area contributed by atoms with Gasteiger partial charge in [-0.25, -0.2) is 9.97 Å². The summed E-state index contributed by atoms with van der Waals surface area (Å²) in [5.41, 5.74) is 3.74. The molecule has 3 heterocycles. The van der Waals surface area contributed by atoms with Crippen LogP contribution in [-0.4, -0.2) is 21.4 Å². The topological polar surface area (TPSA) is 29.0 Å². The van der Waals surface area contributed by atoms with Crippen molar-refractivity contribution in [3.63, 3.8) is 0 Å². The zero-order valence-corrected chi connectivity index (χ0v) is 15.6. The van der Waals surface area contributed by atoms with Gasteiger partial charge >= 0.3 is 6.18 Å². The Morgan fingerprint density at radius 3 is 2.81 bits per heavy atom. The van der Waals surface area contributed by atoms with Crippen LogP contribution in [0.3, 0.4) is 0 Å². The molecule has 0 spiro atoms. The number of hydrogen-bond acceptors (Lipinski definition) is 4. The molecule has 0 bridgehead atoms. The largest absolute Gasteiger partial charge is 0.451 e. The van der Waals surface area contributed by atoms with Crippen molar-refractivity contribution in [2.75, 3.05) is 6.54 Å². The summed E-state index contributed by atoms with van der Waals surface area (Å²) in [5.74, 6) is -1.05. The standard InChI is InChI=1S/C20H18F3N3S/c1-13-3-2-4-14(9-13)18-6-5-16(27-18)12-26-8-7-17-15(11-26)10-24-19(25-17)20(21,22)23/h2-6,9-10H,7-8,11-12H2,1H3. The van der Waals surface area contributed by atoms with Gasteiger partial charge in [-0.2, -0.15) is 13.2 Å². The molecule has 1 aromatic carbocycles. The molecular weight excluding hydrogens is 371 g/mol. The molecule has 0 unspecified atom stereocenters. The van der Waals surface area contributed by atoms with E-state index in [1.165, 1.54) is 27.1 Å². The highest BCUT2D eigenvalue weighted by Crippen LogP contribution is 2.31. The highest BCUT2D eigenvalue weighted by molar-refractivity contribution is 7.15. The Hall–Kier alpha value is -2.25. The van der Waals surface area contributed by atoms with Crippen molar-refractivity contribution in [3.8, 4) is 10.4 Å². The molecule has 1 aliphatic rings. The summed E-state index contributed by atoms with van der Waals surface area (Å²) in [6.07, 6.45) is -2.66. The van der Waals surface area contributed by atoms with Gasteiger partial charge in [-0.15, -0.1) is 11.3 Å². The lowest BCUT2D eigenvalue weighted by molar-refractivity contribution is -0.145. The van der Waals surface area contributed by atoms with Gasteiger partial charge in [0.15, 0.2) is 0 Å². The Morgan fingerprint density at radius 2 is 2.04 bits per heavy atom. The third kappa shape index (κ3) is 4.04. The lowest BCUT2D eigenvalue weighted by Crippen LogP contribution is -2.31. The number of hydrogen-bond donors (Lipinski definition) is 0. The molecular formula is C20H18F3N3S. The first-order chi connectivity index (χ1) is 12.9. The number of fused-ring (bicyclic) bond motifs is 1. The van der Waals surface area contributed by atoms with Crippen LogP contribution in [0.5, 0.6) is 0 Å². The predicted molar refractivity (Wildman–Crippen MR) is 99.3 cm³/mol. The second kappa shape index (κ2) is 7.05. The first-order valence-corrected chi connectivity index (χ1v) is 9.50. The van der Waals surface area contributed by atoms with Crippen LogP contribution in [-0.2, 0) is 25.7 Å². The number of halogens is 3. The van der Waals surface area contributed by atoms with E-state index in [0.717, 1.165) is 12.1 Å². The Balaban J connectivity index is 1.46. The predicted octanol–water partition coefficient (Wildman–Crippen LogP) is 5.09. The van der Waals surface area contributed by atoms with Gasteiger partial charge in [0, 0.05) is 47.6 Å². The molecule has 3 nitrogen and oxygen atoms in total. The molecule has 140 valence electrons. The first-order valence-electron chi connectivity index (χ1n) is 8.68. The molecule has 0 aliphatic carbocycles. The molecule has 4 rings (SSSR count). The lowest BCUT2D eigenvalue weighted by atomic mass is 10.1. The Bertz CT molecular complexity index is 965. The first kappa shape index (κ1) is 18.1. The van der Waals surface area contributed by atoms with Gasteiger partial charge in [0.2, 0.25) is 5.82 Å². The lowest BCUT2D eigenvalue weighted by Gasteiger charge is -2.27. The average Bonchev–Trinajstić information content (AvgIpc) is 3.09. The monoisotopic (exact) mass is 389 g/mol. The van der Waals surface area contributed by atoms with E-state index < -0.39 is 12.0 Å². The number of aryl methyl sites for hydroxylation is 1. The quantitative estimate of drug-likeness (QED) is 0.625. The van der Waals surface area contributed by atoms with Crippen LogP contribution in [0.1, 0.15) is 27.5 Å². The number of nitrogens with zero attached hydrogens (tertiary/aromatic N) is 3. The van der Waals surface area contributed by atoms with Crippen molar-refractivity contribution in [3.05, 3.63) is 70.1 Å². The molecule has 0 saturated heterocycles. The maximum atomic E-state index is 12.8.